The first-order valence-corrected chi connectivity index (χ1v) is 8.38. The van der Waals surface area contributed by atoms with Crippen molar-refractivity contribution in [1.82, 2.24) is 10.2 Å². The van der Waals surface area contributed by atoms with E-state index in [1.807, 2.05) is 11.9 Å². The number of methoxy groups -OCH3 is 1. The molecule has 0 spiro atoms. The highest BCUT2D eigenvalue weighted by atomic mass is 35.5. The number of nitrogens with zero attached hydrogens (tertiary/aromatic N) is 1. The number of ether oxygens (including phenoxy) is 2. The number of carbonyl (C=O) groups excluding carboxylic acids is 1. The molecule has 1 fully saturated rings. The molecule has 0 aromatic heterocycles. The average molecular weight is 341 g/mol. The van der Waals surface area contributed by atoms with E-state index in [0.717, 1.165) is 32.5 Å². The van der Waals surface area contributed by atoms with E-state index in [4.69, 9.17) is 21.1 Å². The zero-order chi connectivity index (χ0) is 16.7. The molecule has 1 N–H and O–H groups in total. The summed E-state index contributed by atoms with van der Waals surface area (Å²) in [4.78, 5) is 14.8. The van der Waals surface area contributed by atoms with Gasteiger partial charge in [-0.15, -0.1) is 0 Å². The van der Waals surface area contributed by atoms with E-state index < -0.39 is 0 Å². The SMILES string of the molecule is CNC[C@@H]1CCCN(C(=O)c2cc(Cl)ccc2OCCOC)C1. The molecular formula is C17H25ClN2O3. The smallest absolute Gasteiger partial charge is 0.257 e. The van der Waals surface area contributed by atoms with Crippen LogP contribution in [0.2, 0.25) is 5.02 Å². The summed E-state index contributed by atoms with van der Waals surface area (Å²) in [6, 6.07) is 5.18. The molecular weight excluding hydrogens is 316 g/mol. The summed E-state index contributed by atoms with van der Waals surface area (Å²) < 4.78 is 10.7. The molecule has 128 valence electrons. The topological polar surface area (TPSA) is 50.8 Å². The lowest BCUT2D eigenvalue weighted by Crippen LogP contribution is -2.42. The van der Waals surface area contributed by atoms with Gasteiger partial charge in [0.05, 0.1) is 12.2 Å². The van der Waals surface area contributed by atoms with Crippen LogP contribution in [0.4, 0.5) is 0 Å². The van der Waals surface area contributed by atoms with Crippen molar-refractivity contribution < 1.29 is 14.3 Å². The highest BCUT2D eigenvalue weighted by Gasteiger charge is 2.26. The minimum atomic E-state index is -0.0132. The number of carbonyl (C=O) groups is 1. The second-order valence-electron chi connectivity index (χ2n) is 5.80. The molecule has 6 heteroatoms. The van der Waals surface area contributed by atoms with E-state index in [1.54, 1.807) is 25.3 Å². The number of benzene rings is 1. The summed E-state index contributed by atoms with van der Waals surface area (Å²) in [6.07, 6.45) is 2.18. The molecule has 2 rings (SSSR count). The lowest BCUT2D eigenvalue weighted by molar-refractivity contribution is 0.0667. The Bertz CT molecular complexity index is 523. The fraction of sp³-hybridized carbons (Fsp3) is 0.588. The number of piperidine rings is 1. The van der Waals surface area contributed by atoms with Crippen LogP contribution in [0.25, 0.3) is 0 Å². The van der Waals surface area contributed by atoms with Crippen LogP contribution in [0.15, 0.2) is 18.2 Å². The van der Waals surface area contributed by atoms with E-state index in [1.165, 1.54) is 0 Å². The molecule has 0 aliphatic carbocycles. The Hall–Kier alpha value is -1.30. The summed E-state index contributed by atoms with van der Waals surface area (Å²) in [7, 11) is 3.56. The lowest BCUT2D eigenvalue weighted by atomic mass is 9.97. The fourth-order valence-corrected chi connectivity index (χ4v) is 3.08. The minimum Gasteiger partial charge on any atom is -0.490 e. The molecule has 0 bridgehead atoms. The normalized spacial score (nSPS) is 18.0. The summed E-state index contributed by atoms with van der Waals surface area (Å²) >= 11 is 6.08. The summed E-state index contributed by atoms with van der Waals surface area (Å²) in [5.74, 6) is 1.04. The first-order chi connectivity index (χ1) is 11.2. The molecule has 1 aliphatic rings. The van der Waals surface area contributed by atoms with E-state index in [9.17, 15) is 4.79 Å². The van der Waals surface area contributed by atoms with Crippen LogP contribution in [-0.4, -0.2) is 57.8 Å². The number of rotatable bonds is 7. The largest absolute Gasteiger partial charge is 0.490 e. The molecule has 1 saturated heterocycles. The predicted octanol–water partition coefficient (Wildman–Crippen LogP) is 2.44. The quantitative estimate of drug-likeness (QED) is 0.775. The maximum Gasteiger partial charge on any atom is 0.257 e. The molecule has 23 heavy (non-hydrogen) atoms. The maximum atomic E-state index is 12.9. The Morgan fingerprint density at radius 2 is 2.26 bits per heavy atom. The molecule has 0 unspecified atom stereocenters. The molecule has 0 radical (unpaired) electrons. The van der Waals surface area contributed by atoms with Crippen molar-refractivity contribution in [2.75, 3.05) is 47.0 Å². The Kier molecular flexibility index (Phi) is 7.15. The first kappa shape index (κ1) is 18.0. The molecule has 1 aromatic carbocycles. The van der Waals surface area contributed by atoms with Crippen LogP contribution in [0.5, 0.6) is 5.75 Å². The van der Waals surface area contributed by atoms with E-state index in [0.29, 0.717) is 35.5 Å². The Morgan fingerprint density at radius 3 is 3.00 bits per heavy atom. The molecule has 1 atom stereocenters. The maximum absolute atomic E-state index is 12.9. The number of hydrogen-bond acceptors (Lipinski definition) is 4. The number of amides is 1. The van der Waals surface area contributed by atoms with Gasteiger partial charge >= 0.3 is 0 Å². The zero-order valence-corrected chi connectivity index (χ0v) is 14.6. The van der Waals surface area contributed by atoms with Crippen LogP contribution in [0, 0.1) is 5.92 Å². The molecule has 1 aromatic rings. The molecule has 0 saturated carbocycles. The van der Waals surface area contributed by atoms with E-state index in [2.05, 4.69) is 5.32 Å². The number of likely N-dealkylation sites (tertiary alicyclic amines) is 1. The van der Waals surface area contributed by atoms with Gasteiger partial charge in [-0.05, 0) is 50.6 Å². The van der Waals surface area contributed by atoms with E-state index >= 15 is 0 Å². The first-order valence-electron chi connectivity index (χ1n) is 8.01. The highest BCUT2D eigenvalue weighted by molar-refractivity contribution is 6.31. The average Bonchev–Trinajstić information content (AvgIpc) is 2.56. The van der Waals surface area contributed by atoms with Crippen molar-refractivity contribution in [2.45, 2.75) is 12.8 Å². The summed E-state index contributed by atoms with van der Waals surface area (Å²) in [5, 5.41) is 3.73. The van der Waals surface area contributed by atoms with Gasteiger partial charge in [0.25, 0.3) is 5.91 Å². The third-order valence-corrected chi connectivity index (χ3v) is 4.25. The molecule has 1 aliphatic heterocycles. The summed E-state index contributed by atoms with van der Waals surface area (Å²) in [5.41, 5.74) is 0.527. The number of halogens is 1. The Morgan fingerprint density at radius 1 is 1.43 bits per heavy atom. The van der Waals surface area contributed by atoms with Gasteiger partial charge in [-0.1, -0.05) is 11.6 Å². The second-order valence-corrected chi connectivity index (χ2v) is 6.24. The van der Waals surface area contributed by atoms with Gasteiger partial charge in [-0.25, -0.2) is 0 Å². The number of hydrogen-bond donors (Lipinski definition) is 1. The van der Waals surface area contributed by atoms with Crippen LogP contribution in [0.3, 0.4) is 0 Å². The monoisotopic (exact) mass is 340 g/mol. The second kappa shape index (κ2) is 9.11. The zero-order valence-electron chi connectivity index (χ0n) is 13.8. The van der Waals surface area contributed by atoms with Crippen molar-refractivity contribution in [3.05, 3.63) is 28.8 Å². The van der Waals surface area contributed by atoms with Crippen molar-refractivity contribution in [1.29, 1.82) is 0 Å². The van der Waals surface area contributed by atoms with Crippen molar-refractivity contribution >= 4 is 17.5 Å². The van der Waals surface area contributed by atoms with Crippen LogP contribution >= 0.6 is 11.6 Å². The third kappa shape index (κ3) is 5.09. The fourth-order valence-electron chi connectivity index (χ4n) is 2.91. The summed E-state index contributed by atoms with van der Waals surface area (Å²) in [6.45, 7) is 3.36. The van der Waals surface area contributed by atoms with Gasteiger partial charge < -0.3 is 19.7 Å². The lowest BCUT2D eigenvalue weighted by Gasteiger charge is -2.33. The van der Waals surface area contributed by atoms with Crippen LogP contribution < -0.4 is 10.1 Å². The predicted molar refractivity (Wildman–Crippen MR) is 91.4 cm³/mol. The highest BCUT2D eigenvalue weighted by Crippen LogP contribution is 2.26. The molecule has 5 nitrogen and oxygen atoms in total. The van der Waals surface area contributed by atoms with Crippen LogP contribution in [-0.2, 0) is 4.74 Å². The molecule has 1 amide bonds. The number of nitrogens with one attached hydrogen (secondary N) is 1. The molecule has 1 heterocycles. The van der Waals surface area contributed by atoms with Gasteiger partial charge in [0, 0.05) is 25.2 Å². The Balaban J connectivity index is 2.12. The minimum absolute atomic E-state index is 0.0132. The van der Waals surface area contributed by atoms with Gasteiger partial charge in [-0.3, -0.25) is 4.79 Å². The van der Waals surface area contributed by atoms with Crippen molar-refractivity contribution in [2.24, 2.45) is 5.92 Å². The van der Waals surface area contributed by atoms with Gasteiger partial charge in [0.1, 0.15) is 12.4 Å². The van der Waals surface area contributed by atoms with Crippen molar-refractivity contribution in [3.63, 3.8) is 0 Å². The van der Waals surface area contributed by atoms with Gasteiger partial charge in [0.2, 0.25) is 0 Å². The van der Waals surface area contributed by atoms with Crippen molar-refractivity contribution in [3.8, 4) is 5.75 Å². The van der Waals surface area contributed by atoms with E-state index in [-0.39, 0.29) is 5.91 Å². The standard InChI is InChI=1S/C17H25ClN2O3/c1-19-11-13-4-3-7-20(12-13)17(21)15-10-14(18)5-6-16(15)23-9-8-22-2/h5-6,10,13,19H,3-4,7-9,11-12H2,1-2H3/t13-/m0/s1. The van der Waals surface area contributed by atoms with Crippen LogP contribution in [0.1, 0.15) is 23.2 Å². The van der Waals surface area contributed by atoms with Gasteiger partial charge in [-0.2, -0.15) is 0 Å². The van der Waals surface area contributed by atoms with Gasteiger partial charge in [0.15, 0.2) is 0 Å². The third-order valence-electron chi connectivity index (χ3n) is 4.02. The Labute approximate surface area is 142 Å².